The second-order valence-corrected chi connectivity index (χ2v) is 5.64. The average Bonchev–Trinajstić information content (AvgIpc) is 2.76. The molecule has 94 valence electrons. The van der Waals surface area contributed by atoms with Crippen molar-refractivity contribution in [3.8, 4) is 11.7 Å². The fraction of sp³-hybridized carbons (Fsp3) is 0.0833. The zero-order valence-corrected chi connectivity index (χ0v) is 10.3. The summed E-state index contributed by atoms with van der Waals surface area (Å²) in [5, 5.41) is 0. The molecule has 0 atom stereocenters. The number of carbonyl (C=O) groups excluding carboxylic acids is 1. The molecule has 2 rings (SSSR count). The molecule has 1 aromatic heterocycles. The highest BCUT2D eigenvalue weighted by molar-refractivity contribution is 7.90. The molecule has 0 N–H and O–H groups in total. The third-order valence-corrected chi connectivity index (χ3v) is 3.28. The number of hydrogen-bond acceptors (Lipinski definition) is 5. The average molecular weight is 266 g/mol. The van der Waals surface area contributed by atoms with Gasteiger partial charge in [0.05, 0.1) is 4.90 Å². The Hall–Kier alpha value is -2.08. The largest absolute Gasteiger partial charge is 0.426 e. The Balaban J connectivity index is 2.27. The first-order chi connectivity index (χ1) is 8.49. The highest BCUT2D eigenvalue weighted by atomic mass is 32.2. The topological polar surface area (TPSA) is 73.6 Å². The third-order valence-electron chi connectivity index (χ3n) is 2.17. The molecular weight excluding hydrogens is 256 g/mol. The van der Waals surface area contributed by atoms with E-state index in [0.29, 0.717) is 12.0 Å². The van der Waals surface area contributed by atoms with E-state index in [1.807, 2.05) is 0 Å². The predicted octanol–water partition coefficient (Wildman–Crippen LogP) is 2.29. The van der Waals surface area contributed by atoms with Gasteiger partial charge in [-0.1, -0.05) is 6.07 Å². The maximum absolute atomic E-state index is 11.4. The minimum absolute atomic E-state index is 0.128. The number of ether oxygens (including phenoxy) is 1. The van der Waals surface area contributed by atoms with Gasteiger partial charge in [-0.2, -0.15) is 0 Å². The van der Waals surface area contributed by atoms with Crippen LogP contribution in [0.4, 0.5) is 0 Å². The predicted molar refractivity (Wildman–Crippen MR) is 63.7 cm³/mol. The zero-order chi connectivity index (χ0) is 13.2. The Morgan fingerprint density at radius 2 is 2.00 bits per heavy atom. The normalized spacial score (nSPS) is 11.2. The lowest BCUT2D eigenvalue weighted by Crippen LogP contribution is -1.96. The molecule has 1 heterocycles. The molecule has 1 aromatic carbocycles. The van der Waals surface area contributed by atoms with Crippen molar-refractivity contribution in [3.05, 3.63) is 42.2 Å². The summed E-state index contributed by atoms with van der Waals surface area (Å²) in [5.74, 6) is 0.594. The van der Waals surface area contributed by atoms with Crippen LogP contribution in [0.3, 0.4) is 0 Å². The Morgan fingerprint density at radius 3 is 2.61 bits per heavy atom. The fourth-order valence-electron chi connectivity index (χ4n) is 1.34. The van der Waals surface area contributed by atoms with Gasteiger partial charge in [0.25, 0.3) is 5.95 Å². The molecule has 0 aliphatic rings. The minimum atomic E-state index is -3.28. The van der Waals surface area contributed by atoms with Crippen molar-refractivity contribution >= 4 is 16.1 Å². The van der Waals surface area contributed by atoms with Crippen molar-refractivity contribution in [3.63, 3.8) is 0 Å². The van der Waals surface area contributed by atoms with E-state index in [1.54, 1.807) is 12.1 Å². The zero-order valence-electron chi connectivity index (χ0n) is 9.49. The monoisotopic (exact) mass is 266 g/mol. The second-order valence-electron chi connectivity index (χ2n) is 3.62. The number of aldehydes is 1. The third kappa shape index (κ3) is 2.78. The minimum Gasteiger partial charge on any atom is -0.426 e. The number of sulfone groups is 1. The molecule has 0 saturated heterocycles. The van der Waals surface area contributed by atoms with E-state index >= 15 is 0 Å². The van der Waals surface area contributed by atoms with E-state index < -0.39 is 9.84 Å². The van der Waals surface area contributed by atoms with Crippen molar-refractivity contribution in [2.75, 3.05) is 6.26 Å². The highest BCUT2D eigenvalue weighted by Crippen LogP contribution is 2.25. The summed E-state index contributed by atoms with van der Waals surface area (Å²) in [6.45, 7) is 0. The molecule has 0 fully saturated rings. The van der Waals surface area contributed by atoms with Crippen molar-refractivity contribution in [2.45, 2.75) is 4.90 Å². The molecule has 0 radical (unpaired) electrons. The molecular formula is C12H10O5S. The molecule has 0 amide bonds. The van der Waals surface area contributed by atoms with E-state index in [4.69, 9.17) is 9.15 Å². The Morgan fingerprint density at radius 1 is 1.22 bits per heavy atom. The molecule has 0 unspecified atom stereocenters. The summed E-state index contributed by atoms with van der Waals surface area (Å²) in [5.41, 5.74) is 0. The quantitative estimate of drug-likeness (QED) is 0.794. The van der Waals surface area contributed by atoms with Crippen LogP contribution in [0, 0.1) is 0 Å². The lowest BCUT2D eigenvalue weighted by molar-refractivity contribution is 0.109. The lowest BCUT2D eigenvalue weighted by atomic mass is 10.3. The standard InChI is InChI=1S/C12H10O5S/c1-18(14,15)11-4-2-3-9(7-11)16-12-6-5-10(8-13)17-12/h2-8H,1H3. The number of benzene rings is 1. The highest BCUT2D eigenvalue weighted by Gasteiger charge is 2.09. The van der Waals surface area contributed by atoms with Crippen LogP contribution < -0.4 is 4.74 Å². The van der Waals surface area contributed by atoms with E-state index in [9.17, 15) is 13.2 Å². The fourth-order valence-corrected chi connectivity index (χ4v) is 1.99. The van der Waals surface area contributed by atoms with Gasteiger partial charge in [0.1, 0.15) is 5.75 Å². The van der Waals surface area contributed by atoms with E-state index in [2.05, 4.69) is 0 Å². The molecule has 0 bridgehead atoms. The Labute approximate surface area is 104 Å². The maximum Gasteiger partial charge on any atom is 0.290 e. The van der Waals surface area contributed by atoms with E-state index in [0.717, 1.165) is 6.26 Å². The molecule has 0 aliphatic carbocycles. The van der Waals surface area contributed by atoms with Gasteiger partial charge in [-0.15, -0.1) is 0 Å². The summed E-state index contributed by atoms with van der Waals surface area (Å²) >= 11 is 0. The van der Waals surface area contributed by atoms with Gasteiger partial charge in [-0.3, -0.25) is 4.79 Å². The van der Waals surface area contributed by atoms with Crippen molar-refractivity contribution in [2.24, 2.45) is 0 Å². The van der Waals surface area contributed by atoms with Crippen molar-refractivity contribution < 1.29 is 22.4 Å². The SMILES string of the molecule is CS(=O)(=O)c1cccc(Oc2ccc(C=O)o2)c1. The van der Waals surface area contributed by atoms with Gasteiger partial charge < -0.3 is 9.15 Å². The molecule has 5 nitrogen and oxygen atoms in total. The summed E-state index contributed by atoms with van der Waals surface area (Å²) in [6.07, 6.45) is 1.67. The van der Waals surface area contributed by atoms with Crippen molar-refractivity contribution in [1.82, 2.24) is 0 Å². The van der Waals surface area contributed by atoms with Gasteiger partial charge in [0.2, 0.25) is 0 Å². The van der Waals surface area contributed by atoms with Crippen LogP contribution >= 0.6 is 0 Å². The van der Waals surface area contributed by atoms with Gasteiger partial charge in [-0.25, -0.2) is 8.42 Å². The summed E-state index contributed by atoms with van der Waals surface area (Å²) < 4.78 is 33.1. The van der Waals surface area contributed by atoms with Crippen LogP contribution in [0.1, 0.15) is 10.6 Å². The summed E-state index contributed by atoms with van der Waals surface area (Å²) in [4.78, 5) is 10.6. The van der Waals surface area contributed by atoms with Crippen LogP contribution in [0.5, 0.6) is 11.7 Å². The van der Waals surface area contributed by atoms with Crippen LogP contribution in [-0.4, -0.2) is 21.0 Å². The second kappa shape index (κ2) is 4.66. The molecule has 18 heavy (non-hydrogen) atoms. The van der Waals surface area contributed by atoms with Gasteiger partial charge in [0.15, 0.2) is 21.9 Å². The van der Waals surface area contributed by atoms with Crippen LogP contribution in [0.2, 0.25) is 0 Å². The Kier molecular flexibility index (Phi) is 3.20. The Bertz CT molecular complexity index is 669. The first-order valence-corrected chi connectivity index (χ1v) is 6.91. The number of rotatable bonds is 4. The summed E-state index contributed by atoms with van der Waals surface area (Å²) in [6, 6.07) is 8.96. The molecule has 0 spiro atoms. The van der Waals surface area contributed by atoms with Crippen LogP contribution in [0.15, 0.2) is 45.7 Å². The van der Waals surface area contributed by atoms with Gasteiger partial charge in [0, 0.05) is 12.3 Å². The number of furan rings is 1. The lowest BCUT2D eigenvalue weighted by Gasteiger charge is -2.03. The molecule has 2 aromatic rings. The van der Waals surface area contributed by atoms with E-state index in [1.165, 1.54) is 24.3 Å². The van der Waals surface area contributed by atoms with E-state index in [-0.39, 0.29) is 16.6 Å². The van der Waals surface area contributed by atoms with Gasteiger partial charge >= 0.3 is 0 Å². The molecule has 0 aliphatic heterocycles. The smallest absolute Gasteiger partial charge is 0.290 e. The molecule has 6 heteroatoms. The van der Waals surface area contributed by atoms with Crippen molar-refractivity contribution in [1.29, 1.82) is 0 Å². The van der Waals surface area contributed by atoms with Crippen LogP contribution in [-0.2, 0) is 9.84 Å². The number of carbonyl (C=O) groups is 1. The first-order valence-electron chi connectivity index (χ1n) is 5.02. The van der Waals surface area contributed by atoms with Crippen LogP contribution in [0.25, 0.3) is 0 Å². The summed E-state index contributed by atoms with van der Waals surface area (Å²) in [7, 11) is -3.28. The molecule has 0 saturated carbocycles. The number of hydrogen-bond donors (Lipinski definition) is 0. The maximum atomic E-state index is 11.4. The first kappa shape index (κ1) is 12.4. The van der Waals surface area contributed by atoms with Gasteiger partial charge in [-0.05, 0) is 24.3 Å².